The van der Waals surface area contributed by atoms with Crippen LogP contribution in [0.15, 0.2) is 0 Å². The predicted molar refractivity (Wildman–Crippen MR) is 225 cm³/mol. The summed E-state index contributed by atoms with van der Waals surface area (Å²) in [5, 5.41) is 30.4. The summed E-state index contributed by atoms with van der Waals surface area (Å²) in [6.07, 6.45) is 14.3. The number of carbonyl (C=O) groups excluding carboxylic acids is 2. The molecule has 6 saturated carbocycles. The van der Waals surface area contributed by atoms with Crippen molar-refractivity contribution in [2.45, 2.75) is 154 Å². The Kier molecular flexibility index (Phi) is 15.5. The number of carbonyl (C=O) groups is 2. The van der Waals surface area contributed by atoms with Gasteiger partial charge < -0.3 is 35.4 Å². The number of hydrogen-bond donors (Lipinski definition) is 4. The van der Waals surface area contributed by atoms with Gasteiger partial charge in [-0.1, -0.05) is 59.3 Å². The van der Waals surface area contributed by atoms with Gasteiger partial charge in [0, 0.05) is 56.6 Å². The van der Waals surface area contributed by atoms with Gasteiger partial charge in [0.15, 0.2) is 0 Å². The standard InChI is InChI=1S/C46H83N5O6/c1-28-38-22-35(46(38,3)4)23-39(28)48-45(55)42-41(29(2)53)40(27-52)57-51(42)25-32-16-13-17-37(43(32)56-9)33-18-31(24-49(5)6)19-34(21-33)44(54)47-36(26-50(7)8)20-30-14-11-10-12-15-30/h28-43,52-53H,10-27H2,1-9H3,(H,47,54)(H,48,55)/t28-,29-,31?,32?,33?,34?,35+,36-,37?,38-,39-,40-,41+,42-,43?/m0/s1. The molecule has 4 N–H and O–H groups in total. The van der Waals surface area contributed by atoms with E-state index in [0.717, 1.165) is 64.5 Å². The average molecular weight is 802 g/mol. The van der Waals surface area contributed by atoms with Crippen LogP contribution in [0.3, 0.4) is 0 Å². The van der Waals surface area contributed by atoms with Crippen molar-refractivity contribution in [2.24, 2.45) is 64.6 Å². The maximum Gasteiger partial charge on any atom is 0.240 e. The first-order valence-electron chi connectivity index (χ1n) is 23.3. The van der Waals surface area contributed by atoms with Gasteiger partial charge in [0.25, 0.3) is 0 Å². The number of methoxy groups -OCH3 is 1. The van der Waals surface area contributed by atoms with E-state index >= 15 is 0 Å². The maximum absolute atomic E-state index is 14.4. The van der Waals surface area contributed by atoms with E-state index in [1.807, 2.05) is 12.2 Å². The summed E-state index contributed by atoms with van der Waals surface area (Å²) in [5.74, 6) is 3.07. The molecule has 2 amide bonds. The van der Waals surface area contributed by atoms with Crippen LogP contribution < -0.4 is 10.6 Å². The summed E-state index contributed by atoms with van der Waals surface area (Å²) in [4.78, 5) is 39.7. The molecule has 1 aliphatic heterocycles. The lowest BCUT2D eigenvalue weighted by atomic mass is 9.45. The monoisotopic (exact) mass is 802 g/mol. The molecule has 7 aliphatic rings. The van der Waals surface area contributed by atoms with Gasteiger partial charge in [-0.15, -0.1) is 0 Å². The molecule has 0 aromatic rings. The van der Waals surface area contributed by atoms with Crippen LogP contribution >= 0.6 is 0 Å². The van der Waals surface area contributed by atoms with Crippen molar-refractivity contribution in [2.75, 3.05) is 61.5 Å². The van der Waals surface area contributed by atoms with Crippen molar-refractivity contribution >= 4 is 11.8 Å². The van der Waals surface area contributed by atoms with Crippen LogP contribution in [-0.2, 0) is 19.2 Å². The van der Waals surface area contributed by atoms with E-state index in [-0.39, 0.29) is 48.4 Å². The molecule has 0 radical (unpaired) electrons. The lowest BCUT2D eigenvalue weighted by molar-refractivity contribution is -0.193. The zero-order chi connectivity index (χ0) is 41.2. The van der Waals surface area contributed by atoms with Crippen LogP contribution in [0, 0.1) is 64.6 Å². The number of hydrogen-bond acceptors (Lipinski definition) is 9. The Morgan fingerprint density at radius 3 is 2.28 bits per heavy atom. The molecule has 328 valence electrons. The molecule has 11 heteroatoms. The van der Waals surface area contributed by atoms with Gasteiger partial charge in [-0.25, -0.2) is 0 Å². The van der Waals surface area contributed by atoms with Crippen molar-refractivity contribution in [3.05, 3.63) is 0 Å². The lowest BCUT2D eigenvalue weighted by Crippen LogP contribution is -2.62. The number of nitrogens with zero attached hydrogens (tertiary/aromatic N) is 3. The fourth-order valence-electron chi connectivity index (χ4n) is 13.6. The molecule has 57 heavy (non-hydrogen) atoms. The van der Waals surface area contributed by atoms with E-state index in [0.29, 0.717) is 53.4 Å². The van der Waals surface area contributed by atoms with Gasteiger partial charge in [0.1, 0.15) is 12.1 Å². The number of ether oxygens (including phenoxy) is 1. The van der Waals surface area contributed by atoms with Crippen molar-refractivity contribution in [1.82, 2.24) is 25.5 Å². The third kappa shape index (κ3) is 10.4. The summed E-state index contributed by atoms with van der Waals surface area (Å²) in [7, 11) is 10.4. The molecular formula is C46H83N5O6. The van der Waals surface area contributed by atoms with Gasteiger partial charge in [-0.05, 0) is 133 Å². The SMILES string of the molecule is COC1C(CN2O[C@@H](CO)[C@@H]([C@H](C)O)[C@H]2C(=O)N[C@H]2C[C@H]3C[C@@H]([C@@H]2C)C3(C)C)CCCC1C1CC(CN(C)C)CC(C(=O)N[C@@H](CC2CCCCC2)CN(C)C)C1. The molecule has 15 atom stereocenters. The molecule has 1 heterocycles. The quantitative estimate of drug-likeness (QED) is 0.167. The summed E-state index contributed by atoms with van der Waals surface area (Å²) in [6, 6.07) is -0.428. The van der Waals surface area contributed by atoms with E-state index < -0.39 is 24.2 Å². The highest BCUT2D eigenvalue weighted by atomic mass is 16.7. The summed E-state index contributed by atoms with van der Waals surface area (Å²) in [6.45, 7) is 10.8. The molecule has 11 nitrogen and oxygen atoms in total. The Balaban J connectivity index is 1.16. The highest BCUT2D eigenvalue weighted by molar-refractivity contribution is 5.83. The van der Waals surface area contributed by atoms with Crippen LogP contribution in [-0.4, -0.2) is 135 Å². The van der Waals surface area contributed by atoms with Crippen molar-refractivity contribution < 1.29 is 29.4 Å². The molecule has 0 spiro atoms. The average Bonchev–Trinajstić information content (AvgIpc) is 3.53. The van der Waals surface area contributed by atoms with E-state index in [2.05, 4.69) is 69.4 Å². The summed E-state index contributed by atoms with van der Waals surface area (Å²) >= 11 is 0. The zero-order valence-electron chi connectivity index (χ0n) is 37.3. The number of fused-ring (bicyclic) bond motifs is 2. The third-order valence-corrected chi connectivity index (χ3v) is 16.5. The van der Waals surface area contributed by atoms with Crippen molar-refractivity contribution in [3.8, 4) is 0 Å². The minimum Gasteiger partial charge on any atom is -0.394 e. The van der Waals surface area contributed by atoms with Gasteiger partial charge in [0.2, 0.25) is 11.8 Å². The Morgan fingerprint density at radius 1 is 0.930 bits per heavy atom. The van der Waals surface area contributed by atoms with Crippen molar-refractivity contribution in [3.63, 3.8) is 0 Å². The Bertz CT molecular complexity index is 1310. The second-order valence-electron chi connectivity index (χ2n) is 21.3. The number of aliphatic hydroxyl groups excluding tert-OH is 2. The number of likely N-dealkylation sites (N-methyl/N-ethyl adjacent to an activating group) is 1. The number of nitrogens with one attached hydrogen (secondary N) is 2. The summed E-state index contributed by atoms with van der Waals surface area (Å²) < 4.78 is 6.48. The topological polar surface area (TPSA) is 127 Å². The molecule has 2 bridgehead atoms. The Hall–Kier alpha value is -1.34. The van der Waals surface area contributed by atoms with Gasteiger partial charge in [0.05, 0.1) is 18.8 Å². The molecule has 6 unspecified atom stereocenters. The van der Waals surface area contributed by atoms with E-state index in [1.54, 1.807) is 6.92 Å². The zero-order valence-corrected chi connectivity index (χ0v) is 37.3. The molecule has 7 fully saturated rings. The fourth-order valence-corrected chi connectivity index (χ4v) is 13.6. The number of hydroxylamine groups is 2. The third-order valence-electron chi connectivity index (χ3n) is 16.5. The first kappa shape index (κ1) is 45.2. The molecular weight excluding hydrogens is 719 g/mol. The Morgan fingerprint density at radius 2 is 1.67 bits per heavy atom. The van der Waals surface area contributed by atoms with Gasteiger partial charge in [-0.2, -0.15) is 5.06 Å². The minimum absolute atomic E-state index is 0.0199. The van der Waals surface area contributed by atoms with Gasteiger partial charge in [-0.3, -0.25) is 14.4 Å². The highest BCUT2D eigenvalue weighted by Gasteiger charge is 2.58. The second-order valence-corrected chi connectivity index (χ2v) is 21.3. The molecule has 0 aromatic heterocycles. The molecule has 7 rings (SSSR count). The molecule has 0 aromatic carbocycles. The van der Waals surface area contributed by atoms with Crippen LogP contribution in [0.25, 0.3) is 0 Å². The maximum atomic E-state index is 14.4. The number of aliphatic hydroxyl groups is 2. The van der Waals surface area contributed by atoms with Crippen molar-refractivity contribution in [1.29, 1.82) is 0 Å². The smallest absolute Gasteiger partial charge is 0.240 e. The fraction of sp³-hybridized carbons (Fsp3) is 0.957. The number of rotatable bonds is 16. The van der Waals surface area contributed by atoms with Crippen LogP contribution in [0.4, 0.5) is 0 Å². The normalized spacial score (nSPS) is 39.8. The second kappa shape index (κ2) is 19.6. The first-order chi connectivity index (χ1) is 27.1. The largest absolute Gasteiger partial charge is 0.394 e. The molecule has 6 aliphatic carbocycles. The predicted octanol–water partition coefficient (Wildman–Crippen LogP) is 5.19. The van der Waals surface area contributed by atoms with Crippen LogP contribution in [0.5, 0.6) is 0 Å². The van der Waals surface area contributed by atoms with E-state index in [9.17, 15) is 19.8 Å². The van der Waals surface area contributed by atoms with Gasteiger partial charge >= 0.3 is 0 Å². The van der Waals surface area contributed by atoms with Crippen LogP contribution in [0.1, 0.15) is 118 Å². The van der Waals surface area contributed by atoms with E-state index in [1.165, 1.54) is 38.5 Å². The first-order valence-corrected chi connectivity index (χ1v) is 23.3. The van der Waals surface area contributed by atoms with E-state index in [4.69, 9.17) is 9.57 Å². The summed E-state index contributed by atoms with van der Waals surface area (Å²) in [5.41, 5.74) is 0.317. The number of amides is 2. The molecule has 1 saturated heterocycles. The minimum atomic E-state index is -0.824. The highest BCUT2D eigenvalue weighted by Crippen LogP contribution is 2.61. The lowest BCUT2D eigenvalue weighted by Gasteiger charge is -2.62. The van der Waals surface area contributed by atoms with Crippen LogP contribution in [0.2, 0.25) is 0 Å². The Labute approximate surface area is 346 Å².